The Morgan fingerprint density at radius 3 is 2.71 bits per heavy atom. The van der Waals surface area contributed by atoms with E-state index in [1.165, 1.54) is 6.07 Å². The van der Waals surface area contributed by atoms with Crippen LogP contribution in [0, 0.1) is 5.92 Å². The number of piperidine rings is 1. The number of rotatable bonds is 2. The van der Waals surface area contributed by atoms with E-state index in [-0.39, 0.29) is 17.8 Å². The van der Waals surface area contributed by atoms with Gasteiger partial charge in [-0.25, -0.2) is 4.98 Å². The third-order valence-corrected chi connectivity index (χ3v) is 4.30. The van der Waals surface area contributed by atoms with Gasteiger partial charge in [0.25, 0.3) is 5.91 Å². The van der Waals surface area contributed by atoms with Gasteiger partial charge in [-0.2, -0.15) is 13.2 Å². The average Bonchev–Trinajstić information content (AvgIpc) is 3.00. The zero-order valence-corrected chi connectivity index (χ0v) is 11.6. The highest BCUT2D eigenvalue weighted by atomic mass is 35.5. The standard InChI is InChI=1S/C13H13ClF3N3O/c14-7-1-2-8(19-11(7)13(15,16)17)12(21)20-10-4-6-3-9(10)18-5-6/h1-2,6,9-10,18H,3-5H2,(H,20,21). The molecule has 3 unspecified atom stereocenters. The molecule has 1 aliphatic carbocycles. The van der Waals surface area contributed by atoms with Crippen molar-refractivity contribution in [1.82, 2.24) is 15.6 Å². The van der Waals surface area contributed by atoms with Gasteiger partial charge in [0.2, 0.25) is 0 Å². The molecule has 0 aromatic carbocycles. The smallest absolute Gasteiger partial charge is 0.346 e. The molecule has 114 valence electrons. The number of hydrogen-bond acceptors (Lipinski definition) is 3. The predicted molar refractivity (Wildman–Crippen MR) is 70.0 cm³/mol. The van der Waals surface area contributed by atoms with Crippen LogP contribution in [0.2, 0.25) is 5.02 Å². The number of alkyl halides is 3. The Labute approximate surface area is 124 Å². The number of nitrogens with zero attached hydrogens (tertiary/aromatic N) is 1. The minimum absolute atomic E-state index is 0.0527. The van der Waals surface area contributed by atoms with Gasteiger partial charge in [-0.3, -0.25) is 4.79 Å². The number of amides is 1. The summed E-state index contributed by atoms with van der Waals surface area (Å²) in [5.41, 5.74) is -1.50. The van der Waals surface area contributed by atoms with Crippen LogP contribution in [0.1, 0.15) is 29.0 Å². The molecule has 1 aromatic rings. The summed E-state index contributed by atoms with van der Waals surface area (Å²) in [4.78, 5) is 15.4. The Kier molecular flexibility index (Phi) is 3.57. The molecule has 3 rings (SSSR count). The molecule has 2 heterocycles. The van der Waals surface area contributed by atoms with Crippen LogP contribution < -0.4 is 10.6 Å². The predicted octanol–water partition coefficient (Wildman–Crippen LogP) is 2.23. The lowest BCUT2D eigenvalue weighted by molar-refractivity contribution is -0.141. The number of hydrogen-bond donors (Lipinski definition) is 2. The Morgan fingerprint density at radius 1 is 1.38 bits per heavy atom. The second-order valence-corrected chi connectivity index (χ2v) is 5.86. The molecular formula is C13H13ClF3N3O. The molecule has 0 radical (unpaired) electrons. The molecule has 3 atom stereocenters. The minimum Gasteiger partial charge on any atom is -0.346 e. The number of aromatic nitrogens is 1. The van der Waals surface area contributed by atoms with Crippen molar-refractivity contribution >= 4 is 17.5 Å². The summed E-state index contributed by atoms with van der Waals surface area (Å²) in [7, 11) is 0. The minimum atomic E-state index is -4.68. The van der Waals surface area contributed by atoms with E-state index < -0.39 is 22.8 Å². The fourth-order valence-electron chi connectivity index (χ4n) is 3.02. The fourth-order valence-corrected chi connectivity index (χ4v) is 3.23. The molecule has 2 fully saturated rings. The van der Waals surface area contributed by atoms with Crippen molar-refractivity contribution in [1.29, 1.82) is 0 Å². The maximum absolute atomic E-state index is 12.7. The number of pyridine rings is 1. The summed E-state index contributed by atoms with van der Waals surface area (Å²) in [6, 6.07) is 2.40. The number of nitrogens with one attached hydrogen (secondary N) is 2. The van der Waals surface area contributed by atoms with Gasteiger partial charge in [-0.05, 0) is 37.4 Å². The highest BCUT2D eigenvalue weighted by Gasteiger charge is 2.40. The van der Waals surface area contributed by atoms with E-state index in [1.807, 2.05) is 0 Å². The Hall–Kier alpha value is -1.34. The van der Waals surface area contributed by atoms with Crippen LogP contribution in [0.4, 0.5) is 13.2 Å². The molecule has 8 heteroatoms. The first kappa shape index (κ1) is 14.6. The average molecular weight is 320 g/mol. The number of fused-ring (bicyclic) bond motifs is 2. The first-order chi connectivity index (χ1) is 9.84. The zero-order valence-electron chi connectivity index (χ0n) is 10.9. The molecule has 1 saturated heterocycles. The van der Waals surface area contributed by atoms with E-state index in [1.54, 1.807) is 0 Å². The maximum Gasteiger partial charge on any atom is 0.434 e. The van der Waals surface area contributed by atoms with E-state index in [0.29, 0.717) is 5.92 Å². The lowest BCUT2D eigenvalue weighted by Crippen LogP contribution is -2.48. The van der Waals surface area contributed by atoms with E-state index in [0.717, 1.165) is 25.5 Å². The molecule has 0 spiro atoms. The first-order valence-electron chi connectivity index (χ1n) is 6.62. The Morgan fingerprint density at radius 2 is 2.14 bits per heavy atom. The van der Waals surface area contributed by atoms with Crippen LogP contribution in [0.5, 0.6) is 0 Å². The van der Waals surface area contributed by atoms with E-state index in [4.69, 9.17) is 11.6 Å². The van der Waals surface area contributed by atoms with Gasteiger partial charge < -0.3 is 10.6 Å². The molecule has 2 aliphatic rings. The van der Waals surface area contributed by atoms with Crippen molar-refractivity contribution in [3.63, 3.8) is 0 Å². The highest BCUT2D eigenvalue weighted by Crippen LogP contribution is 2.33. The first-order valence-corrected chi connectivity index (χ1v) is 7.00. The van der Waals surface area contributed by atoms with Crippen LogP contribution >= 0.6 is 11.6 Å². The topological polar surface area (TPSA) is 54.0 Å². The third-order valence-electron chi connectivity index (χ3n) is 3.99. The molecule has 1 saturated carbocycles. The fraction of sp³-hybridized carbons (Fsp3) is 0.538. The summed E-state index contributed by atoms with van der Waals surface area (Å²) >= 11 is 5.48. The normalized spacial score (nSPS) is 27.9. The molecular weight excluding hydrogens is 307 g/mol. The molecule has 2 bridgehead atoms. The molecule has 1 aliphatic heterocycles. The largest absolute Gasteiger partial charge is 0.434 e. The Bertz CT molecular complexity index is 578. The maximum atomic E-state index is 12.7. The van der Waals surface area contributed by atoms with Crippen LogP contribution in [0.3, 0.4) is 0 Å². The van der Waals surface area contributed by atoms with Crippen molar-refractivity contribution in [2.45, 2.75) is 31.1 Å². The van der Waals surface area contributed by atoms with Gasteiger partial charge in [0, 0.05) is 12.1 Å². The van der Waals surface area contributed by atoms with Crippen LogP contribution in [-0.2, 0) is 6.18 Å². The summed E-state index contributed by atoms with van der Waals surface area (Å²) in [5, 5.41) is 5.51. The van der Waals surface area contributed by atoms with Gasteiger partial charge in [0.15, 0.2) is 5.69 Å². The molecule has 1 aromatic heterocycles. The second-order valence-electron chi connectivity index (χ2n) is 5.46. The summed E-state index contributed by atoms with van der Waals surface area (Å²) in [5.74, 6) is -0.0688. The van der Waals surface area contributed by atoms with Gasteiger partial charge >= 0.3 is 6.18 Å². The van der Waals surface area contributed by atoms with Gasteiger partial charge in [-0.1, -0.05) is 11.6 Å². The lowest BCUT2D eigenvalue weighted by atomic mass is 10.1. The van der Waals surface area contributed by atoms with E-state index in [2.05, 4.69) is 15.6 Å². The Balaban J connectivity index is 1.76. The van der Waals surface area contributed by atoms with Crippen molar-refractivity contribution < 1.29 is 18.0 Å². The van der Waals surface area contributed by atoms with Crippen molar-refractivity contribution in [3.8, 4) is 0 Å². The third kappa shape index (κ3) is 2.85. The monoisotopic (exact) mass is 319 g/mol. The van der Waals surface area contributed by atoms with Crippen molar-refractivity contribution in [3.05, 3.63) is 28.5 Å². The number of carbonyl (C=O) groups is 1. The van der Waals surface area contributed by atoms with Gasteiger partial charge in [0.1, 0.15) is 5.69 Å². The number of carbonyl (C=O) groups excluding carboxylic acids is 1. The SMILES string of the molecule is O=C(NC1CC2CNC1C2)c1ccc(Cl)c(C(F)(F)F)n1. The van der Waals surface area contributed by atoms with Crippen LogP contribution in [0.15, 0.2) is 12.1 Å². The van der Waals surface area contributed by atoms with Crippen molar-refractivity contribution in [2.24, 2.45) is 5.92 Å². The lowest BCUT2D eigenvalue weighted by Gasteiger charge is -2.23. The molecule has 1 amide bonds. The van der Waals surface area contributed by atoms with Crippen LogP contribution in [-0.4, -0.2) is 29.5 Å². The van der Waals surface area contributed by atoms with Crippen LogP contribution in [0.25, 0.3) is 0 Å². The van der Waals surface area contributed by atoms with E-state index >= 15 is 0 Å². The van der Waals surface area contributed by atoms with Gasteiger partial charge in [-0.15, -0.1) is 0 Å². The molecule has 4 nitrogen and oxygen atoms in total. The molecule has 21 heavy (non-hydrogen) atoms. The summed E-state index contributed by atoms with van der Waals surface area (Å²) < 4.78 is 38.2. The van der Waals surface area contributed by atoms with Gasteiger partial charge in [0.05, 0.1) is 5.02 Å². The zero-order chi connectivity index (χ0) is 15.2. The highest BCUT2D eigenvalue weighted by molar-refractivity contribution is 6.31. The quantitative estimate of drug-likeness (QED) is 0.879. The van der Waals surface area contributed by atoms with E-state index in [9.17, 15) is 18.0 Å². The van der Waals surface area contributed by atoms with Crippen molar-refractivity contribution in [2.75, 3.05) is 6.54 Å². The molecule has 2 N–H and O–H groups in total. The summed E-state index contributed by atoms with van der Waals surface area (Å²) in [6.07, 6.45) is -2.84. The number of halogens is 4. The summed E-state index contributed by atoms with van der Waals surface area (Å²) in [6.45, 7) is 0.939. The second kappa shape index (κ2) is 5.14.